The number of anilines is 1. The number of hydrogen-bond acceptors (Lipinski definition) is 3. The van der Waals surface area contributed by atoms with Gasteiger partial charge >= 0.3 is 6.18 Å². The molecule has 1 aromatic rings. The fourth-order valence-corrected chi connectivity index (χ4v) is 1.54. The third kappa shape index (κ3) is 5.38. The Hall–Kier alpha value is -1.92. The lowest BCUT2D eigenvalue weighted by Gasteiger charge is -2.11. The first-order valence-corrected chi connectivity index (χ1v) is 6.20. The van der Waals surface area contributed by atoms with Gasteiger partial charge in [0.05, 0.1) is 12.3 Å². The zero-order chi connectivity index (χ0) is 15.2. The minimum atomic E-state index is -4.18. The second-order valence-corrected chi connectivity index (χ2v) is 4.18. The Balaban J connectivity index is 2.54. The van der Waals surface area contributed by atoms with Crippen molar-refractivity contribution in [2.24, 2.45) is 0 Å². The van der Waals surface area contributed by atoms with Crippen LogP contribution in [0.25, 0.3) is 0 Å². The van der Waals surface area contributed by atoms with Crippen molar-refractivity contribution < 1.29 is 22.7 Å². The average Bonchev–Trinajstić information content (AvgIpc) is 2.35. The van der Waals surface area contributed by atoms with Crippen LogP contribution in [0.2, 0.25) is 0 Å². The van der Waals surface area contributed by atoms with E-state index >= 15 is 0 Å². The SMILES string of the molecule is CCNC(=O)c1ccc(OCCCC(F)(F)F)c(N)c1. The van der Waals surface area contributed by atoms with Crippen LogP contribution in [0.1, 0.15) is 30.1 Å². The number of nitrogens with one attached hydrogen (secondary N) is 1. The Labute approximate surface area is 115 Å². The Morgan fingerprint density at radius 2 is 2.10 bits per heavy atom. The number of carbonyl (C=O) groups is 1. The van der Waals surface area contributed by atoms with Crippen molar-refractivity contribution in [3.05, 3.63) is 23.8 Å². The summed E-state index contributed by atoms with van der Waals surface area (Å²) in [5, 5.41) is 2.62. The van der Waals surface area contributed by atoms with Crippen LogP contribution in [0.3, 0.4) is 0 Å². The van der Waals surface area contributed by atoms with E-state index in [1.165, 1.54) is 18.2 Å². The minimum Gasteiger partial charge on any atom is -0.491 e. The zero-order valence-electron chi connectivity index (χ0n) is 11.1. The van der Waals surface area contributed by atoms with Crippen molar-refractivity contribution in [3.8, 4) is 5.75 Å². The van der Waals surface area contributed by atoms with Gasteiger partial charge in [0.15, 0.2) is 0 Å². The Kier molecular flexibility index (Phi) is 5.66. The number of benzene rings is 1. The first kappa shape index (κ1) is 16.1. The van der Waals surface area contributed by atoms with E-state index in [1.54, 1.807) is 6.92 Å². The highest BCUT2D eigenvalue weighted by molar-refractivity contribution is 5.95. The quantitative estimate of drug-likeness (QED) is 0.625. The third-order valence-electron chi connectivity index (χ3n) is 2.47. The topological polar surface area (TPSA) is 64.3 Å². The molecule has 0 spiro atoms. The van der Waals surface area contributed by atoms with E-state index in [9.17, 15) is 18.0 Å². The monoisotopic (exact) mass is 290 g/mol. The highest BCUT2D eigenvalue weighted by Crippen LogP contribution is 2.24. The number of rotatable bonds is 6. The fraction of sp³-hybridized carbons (Fsp3) is 0.462. The van der Waals surface area contributed by atoms with Crippen LogP contribution in [-0.4, -0.2) is 25.2 Å². The van der Waals surface area contributed by atoms with Gasteiger partial charge in [-0.05, 0) is 31.5 Å². The lowest BCUT2D eigenvalue weighted by atomic mass is 10.1. The molecule has 0 fully saturated rings. The van der Waals surface area contributed by atoms with E-state index in [-0.39, 0.29) is 30.4 Å². The molecule has 0 saturated carbocycles. The number of carbonyl (C=O) groups excluding carboxylic acids is 1. The summed E-state index contributed by atoms with van der Waals surface area (Å²) in [6.45, 7) is 2.21. The maximum atomic E-state index is 12.0. The number of hydrogen-bond donors (Lipinski definition) is 2. The molecule has 7 heteroatoms. The van der Waals surface area contributed by atoms with E-state index < -0.39 is 12.6 Å². The van der Waals surface area contributed by atoms with Gasteiger partial charge in [-0.25, -0.2) is 0 Å². The van der Waals surface area contributed by atoms with E-state index in [4.69, 9.17) is 10.5 Å². The van der Waals surface area contributed by atoms with Gasteiger partial charge in [-0.15, -0.1) is 0 Å². The van der Waals surface area contributed by atoms with Gasteiger partial charge in [-0.3, -0.25) is 4.79 Å². The molecule has 0 aliphatic rings. The predicted octanol–water partition coefficient (Wildman–Crippen LogP) is 2.74. The molecule has 0 saturated heterocycles. The lowest BCUT2D eigenvalue weighted by molar-refractivity contribution is -0.136. The van der Waals surface area contributed by atoms with Gasteiger partial charge in [0.25, 0.3) is 5.91 Å². The molecule has 0 aliphatic carbocycles. The number of nitrogen functional groups attached to an aromatic ring is 1. The van der Waals surface area contributed by atoms with E-state index in [0.29, 0.717) is 12.1 Å². The van der Waals surface area contributed by atoms with Gasteiger partial charge in [0, 0.05) is 18.5 Å². The molecule has 20 heavy (non-hydrogen) atoms. The number of alkyl halides is 3. The summed E-state index contributed by atoms with van der Waals surface area (Å²) in [7, 11) is 0. The van der Waals surface area contributed by atoms with Gasteiger partial charge in [0.2, 0.25) is 0 Å². The second kappa shape index (κ2) is 7.02. The van der Waals surface area contributed by atoms with Crippen molar-refractivity contribution in [1.29, 1.82) is 0 Å². The molecule has 0 aromatic heterocycles. The number of amides is 1. The Morgan fingerprint density at radius 3 is 2.65 bits per heavy atom. The van der Waals surface area contributed by atoms with Crippen LogP contribution < -0.4 is 15.8 Å². The molecule has 112 valence electrons. The summed E-state index contributed by atoms with van der Waals surface area (Å²) in [6.07, 6.45) is -5.22. The number of ether oxygens (including phenoxy) is 1. The van der Waals surface area contributed by atoms with Crippen LogP contribution in [-0.2, 0) is 0 Å². The molecular formula is C13H17F3N2O2. The largest absolute Gasteiger partial charge is 0.491 e. The molecule has 1 amide bonds. The van der Waals surface area contributed by atoms with Crippen molar-refractivity contribution in [3.63, 3.8) is 0 Å². The third-order valence-corrected chi connectivity index (χ3v) is 2.47. The molecule has 0 unspecified atom stereocenters. The smallest absolute Gasteiger partial charge is 0.389 e. The average molecular weight is 290 g/mol. The summed E-state index contributed by atoms with van der Waals surface area (Å²) in [5.41, 5.74) is 6.30. The molecule has 0 radical (unpaired) electrons. The van der Waals surface area contributed by atoms with Gasteiger partial charge in [-0.1, -0.05) is 0 Å². The molecule has 3 N–H and O–H groups in total. The second-order valence-electron chi connectivity index (χ2n) is 4.18. The summed E-state index contributed by atoms with van der Waals surface area (Å²) in [6, 6.07) is 4.43. The summed E-state index contributed by atoms with van der Waals surface area (Å²) >= 11 is 0. The van der Waals surface area contributed by atoms with Crippen LogP contribution in [0, 0.1) is 0 Å². The van der Waals surface area contributed by atoms with Crippen molar-refractivity contribution in [2.75, 3.05) is 18.9 Å². The molecule has 0 atom stereocenters. The summed E-state index contributed by atoms with van der Waals surface area (Å²) < 4.78 is 41.0. The highest BCUT2D eigenvalue weighted by atomic mass is 19.4. The summed E-state index contributed by atoms with van der Waals surface area (Å²) in [4.78, 5) is 11.5. The number of halogens is 3. The zero-order valence-corrected chi connectivity index (χ0v) is 11.1. The van der Waals surface area contributed by atoms with Crippen LogP contribution in [0.5, 0.6) is 5.75 Å². The van der Waals surface area contributed by atoms with E-state index in [2.05, 4.69) is 5.32 Å². The normalized spacial score (nSPS) is 11.2. The summed E-state index contributed by atoms with van der Waals surface area (Å²) in [5.74, 6) is 0.0167. The van der Waals surface area contributed by atoms with Crippen molar-refractivity contribution in [1.82, 2.24) is 5.32 Å². The van der Waals surface area contributed by atoms with Crippen LogP contribution in [0.4, 0.5) is 18.9 Å². The predicted molar refractivity (Wildman–Crippen MR) is 69.6 cm³/mol. The van der Waals surface area contributed by atoms with Crippen molar-refractivity contribution >= 4 is 11.6 Å². The molecular weight excluding hydrogens is 273 g/mol. The Bertz CT molecular complexity index is 461. The van der Waals surface area contributed by atoms with Crippen LogP contribution >= 0.6 is 0 Å². The van der Waals surface area contributed by atoms with Gasteiger partial charge in [-0.2, -0.15) is 13.2 Å². The van der Waals surface area contributed by atoms with Crippen LogP contribution in [0.15, 0.2) is 18.2 Å². The van der Waals surface area contributed by atoms with E-state index in [0.717, 1.165) is 0 Å². The van der Waals surface area contributed by atoms with Gasteiger partial charge in [0.1, 0.15) is 5.75 Å². The Morgan fingerprint density at radius 1 is 1.40 bits per heavy atom. The first-order chi connectivity index (χ1) is 9.33. The van der Waals surface area contributed by atoms with Crippen molar-refractivity contribution in [2.45, 2.75) is 25.9 Å². The standard InChI is InChI=1S/C13H17F3N2O2/c1-2-18-12(19)9-4-5-11(10(17)8-9)20-7-3-6-13(14,15)16/h4-5,8H,2-3,6-7,17H2,1H3,(H,18,19). The molecule has 1 aromatic carbocycles. The van der Waals surface area contributed by atoms with Gasteiger partial charge < -0.3 is 15.8 Å². The fourth-order valence-electron chi connectivity index (χ4n) is 1.54. The maximum absolute atomic E-state index is 12.0. The first-order valence-electron chi connectivity index (χ1n) is 6.20. The van der Waals surface area contributed by atoms with E-state index in [1.807, 2.05) is 0 Å². The maximum Gasteiger partial charge on any atom is 0.389 e. The number of nitrogens with two attached hydrogens (primary N) is 1. The molecule has 0 heterocycles. The molecule has 1 rings (SSSR count). The highest BCUT2D eigenvalue weighted by Gasteiger charge is 2.26. The molecule has 0 aliphatic heterocycles. The lowest BCUT2D eigenvalue weighted by Crippen LogP contribution is -2.22. The molecule has 0 bridgehead atoms. The minimum absolute atomic E-state index is 0.0792. The molecule has 4 nitrogen and oxygen atoms in total.